The molecule has 0 amide bonds. The summed E-state index contributed by atoms with van der Waals surface area (Å²) < 4.78 is 0. The van der Waals surface area contributed by atoms with Crippen LogP contribution in [-0.2, 0) is 6.42 Å². The third kappa shape index (κ3) is 5.77. The van der Waals surface area contributed by atoms with Gasteiger partial charge in [-0.15, -0.1) is 0 Å². The Balaban J connectivity index is 2.27. The van der Waals surface area contributed by atoms with Crippen molar-refractivity contribution in [2.75, 3.05) is 0 Å². The quantitative estimate of drug-likeness (QED) is 0.590. The second-order valence-electron chi connectivity index (χ2n) is 5.93. The number of hydrogen-bond acceptors (Lipinski definition) is 2. The van der Waals surface area contributed by atoms with Crippen LogP contribution in [0.1, 0.15) is 24.8 Å². The van der Waals surface area contributed by atoms with E-state index in [1.54, 1.807) is 6.07 Å². The van der Waals surface area contributed by atoms with Crippen molar-refractivity contribution in [2.24, 2.45) is 0 Å². The number of phenols is 2. The van der Waals surface area contributed by atoms with Gasteiger partial charge in [0.1, 0.15) is 11.5 Å². The Hall–Kier alpha value is -0.963. The summed E-state index contributed by atoms with van der Waals surface area (Å²) in [4.78, 5) is 0. The molecule has 0 aliphatic heterocycles. The molecule has 0 aliphatic rings. The standard InChI is InChI=1S/C14H24O2Si/c1-17(2,3)10-6-4-5-7-12-8-9-13(15)11-14(12)16/h8-9,11,15-16H,4-7,10H2,1-3H3. The Morgan fingerprint density at radius 1 is 1.00 bits per heavy atom. The van der Waals surface area contributed by atoms with E-state index in [1.807, 2.05) is 6.07 Å². The van der Waals surface area contributed by atoms with E-state index in [0.29, 0.717) is 0 Å². The fraction of sp³-hybridized carbons (Fsp3) is 0.571. The molecule has 3 heteroatoms. The van der Waals surface area contributed by atoms with Crippen LogP contribution in [0.5, 0.6) is 11.5 Å². The summed E-state index contributed by atoms with van der Waals surface area (Å²) in [6.07, 6.45) is 4.54. The molecule has 17 heavy (non-hydrogen) atoms. The highest BCUT2D eigenvalue weighted by Crippen LogP contribution is 2.24. The van der Waals surface area contributed by atoms with Crippen molar-refractivity contribution in [3.05, 3.63) is 23.8 Å². The normalized spacial score (nSPS) is 11.7. The zero-order valence-corrected chi connectivity index (χ0v) is 12.2. The lowest BCUT2D eigenvalue weighted by Crippen LogP contribution is -2.18. The van der Waals surface area contributed by atoms with Gasteiger partial charge in [0.25, 0.3) is 0 Å². The summed E-state index contributed by atoms with van der Waals surface area (Å²) in [6, 6.07) is 6.24. The lowest BCUT2D eigenvalue weighted by atomic mass is 10.1. The van der Waals surface area contributed by atoms with Gasteiger partial charge in [-0.2, -0.15) is 0 Å². The van der Waals surface area contributed by atoms with Crippen LogP contribution in [0.4, 0.5) is 0 Å². The van der Waals surface area contributed by atoms with E-state index in [2.05, 4.69) is 19.6 Å². The number of hydrogen-bond donors (Lipinski definition) is 2. The number of rotatable bonds is 6. The first kappa shape index (κ1) is 14.1. The van der Waals surface area contributed by atoms with Crippen LogP contribution in [0, 0.1) is 0 Å². The molecule has 0 heterocycles. The van der Waals surface area contributed by atoms with Gasteiger partial charge >= 0.3 is 0 Å². The maximum atomic E-state index is 9.62. The van der Waals surface area contributed by atoms with Crippen LogP contribution < -0.4 is 0 Å². The summed E-state index contributed by atoms with van der Waals surface area (Å²) in [6.45, 7) is 7.20. The smallest absolute Gasteiger partial charge is 0.122 e. The molecule has 0 spiro atoms. The minimum atomic E-state index is -0.887. The van der Waals surface area contributed by atoms with Crippen molar-refractivity contribution in [3.63, 3.8) is 0 Å². The predicted octanol–water partition coefficient (Wildman–Crippen LogP) is 4.15. The molecule has 0 aromatic heterocycles. The van der Waals surface area contributed by atoms with E-state index in [0.717, 1.165) is 18.4 Å². The van der Waals surface area contributed by atoms with Gasteiger partial charge in [-0.1, -0.05) is 44.6 Å². The summed E-state index contributed by atoms with van der Waals surface area (Å²) >= 11 is 0. The van der Waals surface area contributed by atoms with Gasteiger partial charge in [0, 0.05) is 14.1 Å². The zero-order chi connectivity index (χ0) is 12.9. The van der Waals surface area contributed by atoms with Crippen molar-refractivity contribution in [1.82, 2.24) is 0 Å². The Morgan fingerprint density at radius 2 is 1.71 bits per heavy atom. The van der Waals surface area contributed by atoms with Gasteiger partial charge in [-0.25, -0.2) is 0 Å². The maximum Gasteiger partial charge on any atom is 0.122 e. The zero-order valence-electron chi connectivity index (χ0n) is 11.2. The minimum Gasteiger partial charge on any atom is -0.508 e. The maximum absolute atomic E-state index is 9.62. The van der Waals surface area contributed by atoms with Crippen LogP contribution in [0.25, 0.3) is 0 Å². The highest BCUT2D eigenvalue weighted by molar-refractivity contribution is 6.76. The van der Waals surface area contributed by atoms with Crippen molar-refractivity contribution in [3.8, 4) is 11.5 Å². The van der Waals surface area contributed by atoms with E-state index < -0.39 is 8.07 Å². The van der Waals surface area contributed by atoms with Crippen molar-refractivity contribution >= 4 is 8.07 Å². The molecule has 0 saturated heterocycles. The minimum absolute atomic E-state index is 0.130. The Labute approximate surface area is 105 Å². The second-order valence-corrected chi connectivity index (χ2v) is 11.6. The molecule has 1 aromatic carbocycles. The molecule has 0 unspecified atom stereocenters. The topological polar surface area (TPSA) is 40.5 Å². The Bertz CT molecular complexity index is 356. The van der Waals surface area contributed by atoms with Gasteiger partial charge < -0.3 is 10.2 Å². The summed E-state index contributed by atoms with van der Waals surface area (Å²) in [5.74, 6) is 0.347. The first-order chi connectivity index (χ1) is 7.88. The van der Waals surface area contributed by atoms with E-state index >= 15 is 0 Å². The molecule has 0 bridgehead atoms. The molecule has 0 atom stereocenters. The fourth-order valence-corrected chi connectivity index (χ4v) is 3.22. The van der Waals surface area contributed by atoms with Gasteiger partial charge in [-0.05, 0) is 24.5 Å². The molecular formula is C14H24O2Si. The third-order valence-corrected chi connectivity index (χ3v) is 4.80. The second kappa shape index (κ2) is 6.10. The number of phenolic OH excluding ortho intramolecular Hbond substituents is 2. The number of aryl methyl sites for hydroxylation is 1. The summed E-state index contributed by atoms with van der Waals surface area (Å²) in [7, 11) is -0.887. The summed E-state index contributed by atoms with van der Waals surface area (Å²) in [5, 5.41) is 18.8. The van der Waals surface area contributed by atoms with Gasteiger partial charge in [0.05, 0.1) is 0 Å². The Kier molecular flexibility index (Phi) is 5.06. The molecule has 0 fully saturated rings. The first-order valence-electron chi connectivity index (χ1n) is 6.39. The van der Waals surface area contributed by atoms with Crippen LogP contribution in [0.3, 0.4) is 0 Å². The molecule has 0 radical (unpaired) electrons. The fourth-order valence-electron chi connectivity index (χ4n) is 1.91. The van der Waals surface area contributed by atoms with Gasteiger partial charge in [0.15, 0.2) is 0 Å². The van der Waals surface area contributed by atoms with E-state index in [1.165, 1.54) is 25.0 Å². The number of benzene rings is 1. The largest absolute Gasteiger partial charge is 0.508 e. The predicted molar refractivity (Wildman–Crippen MR) is 75.5 cm³/mol. The Morgan fingerprint density at radius 3 is 2.29 bits per heavy atom. The van der Waals surface area contributed by atoms with Gasteiger partial charge in [0.2, 0.25) is 0 Å². The molecule has 1 aromatic rings. The van der Waals surface area contributed by atoms with E-state index in [4.69, 9.17) is 0 Å². The lowest BCUT2D eigenvalue weighted by Gasteiger charge is -2.15. The first-order valence-corrected chi connectivity index (χ1v) is 10.1. The average Bonchev–Trinajstić information content (AvgIpc) is 2.18. The molecular weight excluding hydrogens is 228 g/mol. The van der Waals surface area contributed by atoms with Crippen LogP contribution >= 0.6 is 0 Å². The number of unbranched alkanes of at least 4 members (excludes halogenated alkanes) is 2. The molecule has 0 aliphatic carbocycles. The highest BCUT2D eigenvalue weighted by Gasteiger charge is 2.11. The summed E-state index contributed by atoms with van der Waals surface area (Å²) in [5.41, 5.74) is 0.941. The highest BCUT2D eigenvalue weighted by atomic mass is 28.3. The monoisotopic (exact) mass is 252 g/mol. The van der Waals surface area contributed by atoms with E-state index in [9.17, 15) is 10.2 Å². The lowest BCUT2D eigenvalue weighted by molar-refractivity contribution is 0.445. The number of aromatic hydroxyl groups is 2. The average molecular weight is 252 g/mol. The van der Waals surface area contributed by atoms with E-state index in [-0.39, 0.29) is 11.5 Å². The molecule has 2 N–H and O–H groups in total. The molecule has 0 saturated carbocycles. The van der Waals surface area contributed by atoms with Crippen molar-refractivity contribution < 1.29 is 10.2 Å². The SMILES string of the molecule is C[Si](C)(C)CCCCCc1ccc(O)cc1O. The third-order valence-electron chi connectivity index (χ3n) is 2.94. The molecule has 1 rings (SSSR count). The van der Waals surface area contributed by atoms with Crippen molar-refractivity contribution in [2.45, 2.75) is 51.4 Å². The molecule has 96 valence electrons. The van der Waals surface area contributed by atoms with Crippen molar-refractivity contribution in [1.29, 1.82) is 0 Å². The van der Waals surface area contributed by atoms with Gasteiger partial charge in [-0.3, -0.25) is 0 Å². The van der Waals surface area contributed by atoms with Crippen LogP contribution in [0.2, 0.25) is 25.7 Å². The van der Waals surface area contributed by atoms with Crippen LogP contribution in [0.15, 0.2) is 18.2 Å². The van der Waals surface area contributed by atoms with Crippen LogP contribution in [-0.4, -0.2) is 18.3 Å². The molecule has 2 nitrogen and oxygen atoms in total.